The van der Waals surface area contributed by atoms with Crippen molar-refractivity contribution in [3.8, 4) is 17.5 Å². The Labute approximate surface area is 146 Å². The monoisotopic (exact) mass is 352 g/mol. The van der Waals surface area contributed by atoms with Crippen LogP contribution in [0, 0.1) is 25.2 Å². The molecule has 0 spiro atoms. The Morgan fingerprint density at radius 3 is 2.40 bits per heavy atom. The van der Waals surface area contributed by atoms with Crippen molar-refractivity contribution in [2.45, 2.75) is 24.7 Å². The quantitative estimate of drug-likeness (QED) is 0.713. The van der Waals surface area contributed by atoms with Crippen LogP contribution in [0.5, 0.6) is 0 Å². The first-order valence-corrected chi connectivity index (χ1v) is 9.31. The van der Waals surface area contributed by atoms with E-state index >= 15 is 0 Å². The van der Waals surface area contributed by atoms with Gasteiger partial charge in [-0.15, -0.1) is 0 Å². The summed E-state index contributed by atoms with van der Waals surface area (Å²) in [5.41, 5.74) is 2.99. The first-order chi connectivity index (χ1) is 11.9. The topological polar surface area (TPSA) is 84.0 Å². The molecule has 0 radical (unpaired) electrons. The van der Waals surface area contributed by atoms with Crippen molar-refractivity contribution in [2.75, 3.05) is 0 Å². The van der Waals surface area contributed by atoms with Crippen molar-refractivity contribution in [1.82, 2.24) is 4.98 Å². The fourth-order valence-corrected chi connectivity index (χ4v) is 3.91. The van der Waals surface area contributed by atoms with E-state index in [-0.39, 0.29) is 22.4 Å². The summed E-state index contributed by atoms with van der Waals surface area (Å²) in [5, 5.41) is 8.89. The third-order valence-electron chi connectivity index (χ3n) is 3.89. The maximum atomic E-state index is 12.7. The van der Waals surface area contributed by atoms with Crippen LogP contribution in [-0.4, -0.2) is 13.4 Å². The molecule has 0 unspecified atom stereocenters. The Balaban J connectivity index is 2.03. The Bertz CT molecular complexity index is 1060. The summed E-state index contributed by atoms with van der Waals surface area (Å²) in [6, 6.07) is 16.3. The SMILES string of the molecule is Cc1ccc(-c2nc(C#N)c(S(=O)(=O)Cc3ccccc3C)o2)cc1. The number of aryl methyl sites for hydroxylation is 2. The number of sulfone groups is 1. The van der Waals surface area contributed by atoms with Gasteiger partial charge in [-0.1, -0.05) is 42.0 Å². The van der Waals surface area contributed by atoms with Gasteiger partial charge in [-0.05, 0) is 37.1 Å². The lowest BCUT2D eigenvalue weighted by atomic mass is 10.1. The van der Waals surface area contributed by atoms with Crippen LogP contribution in [0.1, 0.15) is 22.4 Å². The lowest BCUT2D eigenvalue weighted by Crippen LogP contribution is -2.06. The van der Waals surface area contributed by atoms with Gasteiger partial charge < -0.3 is 4.42 Å². The maximum absolute atomic E-state index is 12.7. The van der Waals surface area contributed by atoms with Gasteiger partial charge in [0.2, 0.25) is 15.7 Å². The molecule has 1 aromatic heterocycles. The highest BCUT2D eigenvalue weighted by Gasteiger charge is 2.27. The molecule has 3 rings (SSSR count). The first-order valence-electron chi connectivity index (χ1n) is 7.66. The smallest absolute Gasteiger partial charge is 0.257 e. The Hall–Kier alpha value is -2.91. The summed E-state index contributed by atoms with van der Waals surface area (Å²) in [4.78, 5) is 4.05. The lowest BCUT2D eigenvalue weighted by molar-refractivity contribution is 0.457. The predicted molar refractivity (Wildman–Crippen MR) is 93.5 cm³/mol. The molecule has 0 fully saturated rings. The van der Waals surface area contributed by atoms with Gasteiger partial charge in [0.05, 0.1) is 5.75 Å². The molecular weight excluding hydrogens is 336 g/mol. The fraction of sp³-hybridized carbons (Fsp3) is 0.158. The molecule has 0 atom stereocenters. The molecule has 0 aliphatic rings. The molecule has 1 heterocycles. The first kappa shape index (κ1) is 16.9. The Kier molecular flexibility index (Phi) is 4.43. The summed E-state index contributed by atoms with van der Waals surface area (Å²) in [6.45, 7) is 3.78. The van der Waals surface area contributed by atoms with E-state index in [4.69, 9.17) is 4.42 Å². The van der Waals surface area contributed by atoms with E-state index in [1.807, 2.05) is 44.2 Å². The van der Waals surface area contributed by atoms with E-state index in [2.05, 4.69) is 4.98 Å². The highest BCUT2D eigenvalue weighted by molar-refractivity contribution is 7.90. The van der Waals surface area contributed by atoms with Crippen LogP contribution in [0.3, 0.4) is 0 Å². The molecule has 0 N–H and O–H groups in total. The van der Waals surface area contributed by atoms with E-state index in [1.165, 1.54) is 0 Å². The summed E-state index contributed by atoms with van der Waals surface area (Å²) >= 11 is 0. The molecule has 0 saturated heterocycles. The number of rotatable bonds is 4. The normalized spacial score (nSPS) is 11.2. The van der Waals surface area contributed by atoms with Gasteiger partial charge in [0, 0.05) is 5.56 Å². The van der Waals surface area contributed by atoms with Crippen LogP contribution >= 0.6 is 0 Å². The zero-order valence-electron chi connectivity index (χ0n) is 13.9. The van der Waals surface area contributed by atoms with E-state index in [0.29, 0.717) is 11.1 Å². The number of hydrogen-bond acceptors (Lipinski definition) is 5. The number of nitriles is 1. The van der Waals surface area contributed by atoms with Gasteiger partial charge in [0.1, 0.15) is 6.07 Å². The second-order valence-electron chi connectivity index (χ2n) is 5.82. The average molecular weight is 352 g/mol. The lowest BCUT2D eigenvalue weighted by Gasteiger charge is -2.05. The summed E-state index contributed by atoms with van der Waals surface area (Å²) in [6.07, 6.45) is 0. The van der Waals surface area contributed by atoms with Crippen molar-refractivity contribution in [3.05, 3.63) is 70.9 Å². The van der Waals surface area contributed by atoms with E-state index < -0.39 is 9.84 Å². The van der Waals surface area contributed by atoms with Crippen LogP contribution < -0.4 is 0 Å². The minimum atomic E-state index is -3.83. The molecule has 0 aliphatic heterocycles. The number of benzene rings is 2. The van der Waals surface area contributed by atoms with Crippen molar-refractivity contribution in [3.63, 3.8) is 0 Å². The van der Waals surface area contributed by atoms with Crippen LogP contribution in [0.25, 0.3) is 11.5 Å². The Morgan fingerprint density at radius 2 is 1.76 bits per heavy atom. The predicted octanol–water partition coefficient (Wildman–Crippen LogP) is 3.80. The van der Waals surface area contributed by atoms with Crippen LogP contribution in [0.2, 0.25) is 0 Å². The van der Waals surface area contributed by atoms with Gasteiger partial charge in [0.15, 0.2) is 5.69 Å². The fourth-order valence-electron chi connectivity index (χ4n) is 2.45. The van der Waals surface area contributed by atoms with Gasteiger partial charge in [0.25, 0.3) is 5.09 Å². The molecule has 2 aromatic carbocycles. The molecule has 0 saturated carbocycles. The molecule has 3 aromatic rings. The van der Waals surface area contributed by atoms with Gasteiger partial charge >= 0.3 is 0 Å². The minimum absolute atomic E-state index is 0.125. The highest BCUT2D eigenvalue weighted by Crippen LogP contribution is 2.28. The molecule has 0 bridgehead atoms. The average Bonchev–Trinajstić information content (AvgIpc) is 3.03. The van der Waals surface area contributed by atoms with Crippen LogP contribution in [0.4, 0.5) is 0 Å². The van der Waals surface area contributed by atoms with Crippen molar-refractivity contribution in [2.24, 2.45) is 0 Å². The van der Waals surface area contributed by atoms with Crippen molar-refractivity contribution < 1.29 is 12.8 Å². The number of oxazole rings is 1. The minimum Gasteiger partial charge on any atom is -0.423 e. The molecule has 0 aliphatic carbocycles. The summed E-state index contributed by atoms with van der Waals surface area (Å²) < 4.78 is 31.0. The number of hydrogen-bond donors (Lipinski definition) is 0. The largest absolute Gasteiger partial charge is 0.423 e. The summed E-state index contributed by atoms with van der Waals surface area (Å²) in [7, 11) is -3.83. The third kappa shape index (κ3) is 3.47. The second-order valence-corrected chi connectivity index (χ2v) is 7.71. The van der Waals surface area contributed by atoms with Gasteiger partial charge in [-0.2, -0.15) is 10.2 Å². The zero-order valence-corrected chi connectivity index (χ0v) is 14.7. The number of nitrogens with zero attached hydrogens (tertiary/aromatic N) is 2. The van der Waals surface area contributed by atoms with E-state index in [1.54, 1.807) is 24.3 Å². The molecule has 6 heteroatoms. The van der Waals surface area contributed by atoms with Crippen LogP contribution in [-0.2, 0) is 15.6 Å². The third-order valence-corrected chi connectivity index (χ3v) is 5.42. The highest BCUT2D eigenvalue weighted by atomic mass is 32.2. The zero-order chi connectivity index (χ0) is 18.0. The van der Waals surface area contributed by atoms with Gasteiger partial charge in [-0.3, -0.25) is 0 Å². The molecule has 25 heavy (non-hydrogen) atoms. The van der Waals surface area contributed by atoms with E-state index in [0.717, 1.165) is 11.1 Å². The Morgan fingerprint density at radius 1 is 1.08 bits per heavy atom. The molecule has 126 valence electrons. The molecule has 5 nitrogen and oxygen atoms in total. The number of aromatic nitrogens is 1. The molecular formula is C19H16N2O3S. The van der Waals surface area contributed by atoms with E-state index in [9.17, 15) is 13.7 Å². The van der Waals surface area contributed by atoms with Crippen molar-refractivity contribution >= 4 is 9.84 Å². The van der Waals surface area contributed by atoms with Crippen LogP contribution in [0.15, 0.2) is 58.0 Å². The van der Waals surface area contributed by atoms with Gasteiger partial charge in [-0.25, -0.2) is 8.42 Å². The van der Waals surface area contributed by atoms with Crippen molar-refractivity contribution in [1.29, 1.82) is 5.26 Å². The molecule has 0 amide bonds. The summed E-state index contributed by atoms with van der Waals surface area (Å²) in [5.74, 6) is -0.114. The maximum Gasteiger partial charge on any atom is 0.257 e. The standard InChI is InChI=1S/C19H16N2O3S/c1-13-7-9-15(10-8-13)18-21-17(11-20)19(24-18)25(22,23)12-16-6-4-3-5-14(16)2/h3-10H,12H2,1-2H3. The second kappa shape index (κ2) is 6.54.